The Morgan fingerprint density at radius 2 is 1.85 bits per heavy atom. The number of aryl methyl sites for hydroxylation is 1. The lowest BCUT2D eigenvalue weighted by molar-refractivity contribution is -0.142. The van der Waals surface area contributed by atoms with E-state index in [1.807, 2.05) is 0 Å². The van der Waals surface area contributed by atoms with Gasteiger partial charge in [-0.05, 0) is 30.3 Å². The predicted molar refractivity (Wildman–Crippen MR) is 110 cm³/mol. The summed E-state index contributed by atoms with van der Waals surface area (Å²) in [6.07, 6.45) is -3.58. The number of carbonyl (C=O) groups is 2. The number of hydrogen-bond donors (Lipinski definition) is 2. The number of benzene rings is 1. The molecule has 3 aromatic heterocycles. The van der Waals surface area contributed by atoms with Crippen LogP contribution < -0.4 is 15.8 Å². The van der Waals surface area contributed by atoms with Gasteiger partial charge >= 0.3 is 6.18 Å². The number of rotatable bonds is 5. The molecule has 0 aliphatic rings. The molecule has 0 saturated heterocycles. The number of nitrogens with zero attached hydrogens (tertiary/aromatic N) is 5. The zero-order valence-electron chi connectivity index (χ0n) is 17.2. The smallest absolute Gasteiger partial charge is 0.433 e. The molecule has 0 saturated carbocycles. The van der Waals surface area contributed by atoms with E-state index < -0.39 is 23.7 Å². The lowest BCUT2D eigenvalue weighted by Gasteiger charge is -2.11. The van der Waals surface area contributed by atoms with Crippen LogP contribution in [0.3, 0.4) is 0 Å². The molecule has 10 nitrogen and oxygen atoms in total. The molecule has 0 bridgehead atoms. The summed E-state index contributed by atoms with van der Waals surface area (Å²) in [6.45, 7) is 0. The van der Waals surface area contributed by atoms with Crippen molar-refractivity contribution >= 4 is 23.1 Å². The average molecular weight is 459 g/mol. The minimum Gasteiger partial charge on any atom is -0.497 e. The fraction of sp³-hybridized carbons (Fsp3) is 0.150. The highest BCUT2D eigenvalue weighted by Gasteiger charge is 2.35. The van der Waals surface area contributed by atoms with Crippen molar-refractivity contribution in [2.24, 2.45) is 12.8 Å². The van der Waals surface area contributed by atoms with Crippen LogP contribution in [0.25, 0.3) is 16.9 Å². The maximum atomic E-state index is 13.8. The quantitative estimate of drug-likeness (QED) is 0.472. The van der Waals surface area contributed by atoms with Crippen molar-refractivity contribution in [2.45, 2.75) is 6.18 Å². The first kappa shape index (κ1) is 21.8. The number of ether oxygens (including phenoxy) is 1. The zero-order chi connectivity index (χ0) is 23.9. The molecule has 13 heteroatoms. The molecule has 33 heavy (non-hydrogen) atoms. The number of anilines is 1. The number of primary amides is 1. The van der Waals surface area contributed by atoms with E-state index in [9.17, 15) is 22.8 Å². The van der Waals surface area contributed by atoms with Gasteiger partial charge in [0.25, 0.3) is 11.8 Å². The summed E-state index contributed by atoms with van der Waals surface area (Å²) in [5, 5.41) is 10.00. The maximum Gasteiger partial charge on any atom is 0.433 e. The van der Waals surface area contributed by atoms with Crippen molar-refractivity contribution in [3.05, 3.63) is 59.7 Å². The Morgan fingerprint density at radius 1 is 1.15 bits per heavy atom. The molecule has 0 radical (unpaired) electrons. The van der Waals surface area contributed by atoms with Crippen molar-refractivity contribution in [1.82, 2.24) is 24.4 Å². The molecule has 4 aromatic rings. The largest absolute Gasteiger partial charge is 0.497 e. The fourth-order valence-electron chi connectivity index (χ4n) is 3.20. The first-order valence-electron chi connectivity index (χ1n) is 9.34. The van der Waals surface area contributed by atoms with Crippen LogP contribution in [-0.4, -0.2) is 43.3 Å². The van der Waals surface area contributed by atoms with Gasteiger partial charge in [-0.25, -0.2) is 9.50 Å². The van der Waals surface area contributed by atoms with Crippen molar-refractivity contribution in [2.75, 3.05) is 12.4 Å². The van der Waals surface area contributed by atoms with Gasteiger partial charge in [-0.3, -0.25) is 14.3 Å². The molecule has 3 N–H and O–H groups in total. The summed E-state index contributed by atoms with van der Waals surface area (Å²) in [5.41, 5.74) is 3.99. The molecule has 0 spiro atoms. The van der Waals surface area contributed by atoms with Gasteiger partial charge in [0.2, 0.25) is 0 Å². The number of halogens is 3. The van der Waals surface area contributed by atoms with E-state index in [0.717, 1.165) is 16.8 Å². The van der Waals surface area contributed by atoms with E-state index in [-0.39, 0.29) is 28.4 Å². The molecule has 0 aliphatic carbocycles. The number of amides is 2. The monoisotopic (exact) mass is 459 g/mol. The van der Waals surface area contributed by atoms with E-state index in [1.54, 1.807) is 24.3 Å². The van der Waals surface area contributed by atoms with Crippen molar-refractivity contribution in [1.29, 1.82) is 0 Å². The van der Waals surface area contributed by atoms with Gasteiger partial charge in [0.05, 0.1) is 24.7 Å². The predicted octanol–water partition coefficient (Wildman–Crippen LogP) is 2.51. The van der Waals surface area contributed by atoms with Crippen LogP contribution in [-0.2, 0) is 13.2 Å². The van der Waals surface area contributed by atoms with Gasteiger partial charge in [0.1, 0.15) is 11.4 Å². The lowest BCUT2D eigenvalue weighted by atomic mass is 10.1. The van der Waals surface area contributed by atoms with Gasteiger partial charge in [0.15, 0.2) is 17.0 Å². The average Bonchev–Trinajstić information content (AvgIpc) is 3.35. The Kier molecular flexibility index (Phi) is 5.24. The highest BCUT2D eigenvalue weighted by molar-refractivity contribution is 6.07. The fourth-order valence-corrected chi connectivity index (χ4v) is 3.20. The molecular formula is C20H16F3N7O3. The first-order valence-corrected chi connectivity index (χ1v) is 9.34. The van der Waals surface area contributed by atoms with Crippen LogP contribution in [0.1, 0.15) is 26.7 Å². The second kappa shape index (κ2) is 7.93. The number of alkyl halides is 3. The molecule has 2 amide bonds. The molecule has 3 heterocycles. The number of aromatic nitrogens is 5. The standard InChI is InChI=1S/C20H16F3N7O3/c1-29-17(18(24)31)14(9-25-29)27-19(32)13-8-16-26-12(10-3-5-11(33-2)6-4-10)7-15(20(21,22)23)30(16)28-13/h3-9H,1-2H3,(H2,24,31)(H,27,32). The Morgan fingerprint density at radius 3 is 2.45 bits per heavy atom. The molecule has 170 valence electrons. The summed E-state index contributed by atoms with van der Waals surface area (Å²) in [5.74, 6) is -1.18. The highest BCUT2D eigenvalue weighted by Crippen LogP contribution is 2.32. The van der Waals surface area contributed by atoms with E-state index in [0.29, 0.717) is 15.8 Å². The molecular weight excluding hydrogens is 443 g/mol. The SMILES string of the molecule is COc1ccc(-c2cc(C(F)(F)F)n3nc(C(=O)Nc4cnn(C)c4C(N)=O)cc3n2)cc1. The van der Waals surface area contributed by atoms with Crippen LogP contribution in [0.2, 0.25) is 0 Å². The Labute approximate surface area is 183 Å². The molecule has 4 rings (SSSR count). The zero-order valence-corrected chi connectivity index (χ0v) is 17.2. The molecule has 0 aliphatic heterocycles. The number of carbonyl (C=O) groups excluding carboxylic acids is 2. The highest BCUT2D eigenvalue weighted by atomic mass is 19.4. The van der Waals surface area contributed by atoms with Gasteiger partial charge < -0.3 is 15.8 Å². The molecule has 0 atom stereocenters. The van der Waals surface area contributed by atoms with Crippen molar-refractivity contribution in [3.8, 4) is 17.0 Å². The Hall–Kier alpha value is -4.42. The van der Waals surface area contributed by atoms with Gasteiger partial charge in [-0.1, -0.05) is 0 Å². The van der Waals surface area contributed by atoms with Gasteiger partial charge in [0, 0.05) is 18.7 Å². The number of nitrogens with two attached hydrogens (primary N) is 1. The molecule has 0 fully saturated rings. The molecule has 0 unspecified atom stereocenters. The Balaban J connectivity index is 1.77. The minimum absolute atomic E-state index is 0.00465. The summed E-state index contributed by atoms with van der Waals surface area (Å²) in [6, 6.07) is 8.26. The lowest BCUT2D eigenvalue weighted by Crippen LogP contribution is -2.20. The van der Waals surface area contributed by atoms with Gasteiger partial charge in [-0.15, -0.1) is 0 Å². The van der Waals surface area contributed by atoms with Crippen LogP contribution in [0.5, 0.6) is 5.75 Å². The summed E-state index contributed by atoms with van der Waals surface area (Å²) in [4.78, 5) is 28.5. The second-order valence-electron chi connectivity index (χ2n) is 6.90. The minimum atomic E-state index is -4.77. The van der Waals surface area contributed by atoms with E-state index in [1.165, 1.54) is 20.4 Å². The van der Waals surface area contributed by atoms with Crippen LogP contribution in [0.15, 0.2) is 42.6 Å². The third kappa shape index (κ3) is 4.07. The summed E-state index contributed by atoms with van der Waals surface area (Å²) < 4.78 is 48.1. The third-order valence-corrected chi connectivity index (χ3v) is 4.76. The number of nitrogens with one attached hydrogen (secondary N) is 1. The normalized spacial score (nSPS) is 11.5. The number of hydrogen-bond acceptors (Lipinski definition) is 6. The van der Waals surface area contributed by atoms with Crippen molar-refractivity contribution < 1.29 is 27.5 Å². The second-order valence-corrected chi connectivity index (χ2v) is 6.90. The first-order chi connectivity index (χ1) is 15.6. The summed E-state index contributed by atoms with van der Waals surface area (Å²) in [7, 11) is 2.92. The van der Waals surface area contributed by atoms with Crippen LogP contribution in [0, 0.1) is 0 Å². The Bertz CT molecular complexity index is 1370. The van der Waals surface area contributed by atoms with E-state index in [2.05, 4.69) is 20.5 Å². The van der Waals surface area contributed by atoms with Crippen LogP contribution >= 0.6 is 0 Å². The molecule has 1 aromatic carbocycles. The van der Waals surface area contributed by atoms with Gasteiger partial charge in [-0.2, -0.15) is 23.4 Å². The van der Waals surface area contributed by atoms with E-state index >= 15 is 0 Å². The number of fused-ring (bicyclic) bond motifs is 1. The van der Waals surface area contributed by atoms with E-state index in [4.69, 9.17) is 10.5 Å². The maximum absolute atomic E-state index is 13.8. The van der Waals surface area contributed by atoms with Crippen LogP contribution in [0.4, 0.5) is 18.9 Å². The summed E-state index contributed by atoms with van der Waals surface area (Å²) >= 11 is 0. The number of methoxy groups -OCH3 is 1. The topological polar surface area (TPSA) is 129 Å². The third-order valence-electron chi connectivity index (χ3n) is 4.76. The van der Waals surface area contributed by atoms with Crippen molar-refractivity contribution in [3.63, 3.8) is 0 Å².